The smallest absolute Gasteiger partial charge is 0.340 e. The van der Waals surface area contributed by atoms with E-state index in [1.807, 2.05) is 0 Å². The van der Waals surface area contributed by atoms with Crippen LogP contribution in [0.2, 0.25) is 0 Å². The molecule has 0 aliphatic heterocycles. The molecule has 0 atom stereocenters. The van der Waals surface area contributed by atoms with E-state index in [-0.39, 0.29) is 21.9 Å². The average molecular weight is 288 g/mol. The zero-order chi connectivity index (χ0) is 12.3. The molecule has 0 saturated heterocycles. The van der Waals surface area contributed by atoms with Gasteiger partial charge in [0.25, 0.3) is 5.69 Å². The standard InChI is InChI=1S/C9H6BrNO5/c1-16-9(13)8-5(4-12)7(11(14)15)3-2-6(8)10/h2-4H,1H3. The molecule has 1 aromatic carbocycles. The van der Waals surface area contributed by atoms with E-state index >= 15 is 0 Å². The molecule has 0 radical (unpaired) electrons. The molecule has 0 N–H and O–H groups in total. The maximum atomic E-state index is 11.4. The van der Waals surface area contributed by atoms with Crippen LogP contribution >= 0.6 is 15.9 Å². The van der Waals surface area contributed by atoms with Gasteiger partial charge in [-0.1, -0.05) is 0 Å². The molecule has 0 spiro atoms. The number of esters is 1. The van der Waals surface area contributed by atoms with Crippen LogP contribution in [0, 0.1) is 10.1 Å². The summed E-state index contributed by atoms with van der Waals surface area (Å²) in [4.78, 5) is 32.0. The zero-order valence-corrected chi connectivity index (χ0v) is 9.68. The van der Waals surface area contributed by atoms with Crippen LogP contribution < -0.4 is 0 Å². The summed E-state index contributed by atoms with van der Waals surface area (Å²) in [5.74, 6) is -0.808. The second-order valence-corrected chi connectivity index (χ2v) is 3.58. The monoisotopic (exact) mass is 287 g/mol. The Bertz CT molecular complexity index is 471. The SMILES string of the molecule is COC(=O)c1c(Br)ccc([N+](=O)[O-])c1C=O. The number of rotatable bonds is 3. The first kappa shape index (κ1) is 12.3. The first-order valence-corrected chi connectivity index (χ1v) is 4.82. The molecule has 16 heavy (non-hydrogen) atoms. The quantitative estimate of drug-likeness (QED) is 0.367. The summed E-state index contributed by atoms with van der Waals surface area (Å²) in [7, 11) is 1.13. The topological polar surface area (TPSA) is 86.5 Å². The number of nitrogens with zero attached hydrogens (tertiary/aromatic N) is 1. The third-order valence-corrected chi connectivity index (χ3v) is 2.54. The van der Waals surface area contributed by atoms with E-state index in [0.29, 0.717) is 0 Å². The molecule has 0 aliphatic carbocycles. The minimum atomic E-state index is -0.808. The third-order valence-electron chi connectivity index (χ3n) is 1.88. The highest BCUT2D eigenvalue weighted by molar-refractivity contribution is 9.10. The lowest BCUT2D eigenvalue weighted by Gasteiger charge is -2.05. The predicted octanol–water partition coefficient (Wildman–Crippen LogP) is 1.96. The van der Waals surface area contributed by atoms with E-state index in [1.165, 1.54) is 6.07 Å². The van der Waals surface area contributed by atoms with Gasteiger partial charge in [0, 0.05) is 10.5 Å². The van der Waals surface area contributed by atoms with Gasteiger partial charge in [-0.25, -0.2) is 4.79 Å². The summed E-state index contributed by atoms with van der Waals surface area (Å²) in [6, 6.07) is 2.46. The van der Waals surface area contributed by atoms with Gasteiger partial charge in [-0.15, -0.1) is 0 Å². The Labute approximate surface area is 98.5 Å². The normalized spacial score (nSPS) is 9.62. The lowest BCUT2D eigenvalue weighted by atomic mass is 10.1. The molecule has 0 aliphatic rings. The van der Waals surface area contributed by atoms with Gasteiger partial charge in [0.1, 0.15) is 5.56 Å². The molecule has 1 aromatic rings. The second-order valence-electron chi connectivity index (χ2n) is 2.72. The molecule has 1 rings (SSSR count). The number of ether oxygens (including phenoxy) is 1. The lowest BCUT2D eigenvalue weighted by molar-refractivity contribution is -0.385. The Balaban J connectivity index is 3.56. The van der Waals surface area contributed by atoms with E-state index in [4.69, 9.17) is 0 Å². The predicted molar refractivity (Wildman–Crippen MR) is 57.5 cm³/mol. The van der Waals surface area contributed by atoms with Crippen molar-refractivity contribution < 1.29 is 19.2 Å². The van der Waals surface area contributed by atoms with Crippen LogP contribution in [0.5, 0.6) is 0 Å². The minimum absolute atomic E-state index is 0.147. The average Bonchev–Trinajstić information content (AvgIpc) is 2.26. The van der Waals surface area contributed by atoms with Gasteiger partial charge < -0.3 is 4.74 Å². The molecule has 6 nitrogen and oxygen atoms in total. The third kappa shape index (κ3) is 2.08. The van der Waals surface area contributed by atoms with E-state index < -0.39 is 16.6 Å². The molecule has 84 valence electrons. The van der Waals surface area contributed by atoms with Crippen LogP contribution in [0.15, 0.2) is 16.6 Å². The minimum Gasteiger partial charge on any atom is -0.465 e. The van der Waals surface area contributed by atoms with E-state index in [2.05, 4.69) is 20.7 Å². The van der Waals surface area contributed by atoms with Crippen molar-refractivity contribution in [3.63, 3.8) is 0 Å². The van der Waals surface area contributed by atoms with E-state index in [9.17, 15) is 19.7 Å². The number of methoxy groups -OCH3 is 1. The summed E-state index contributed by atoms with van der Waals surface area (Å²) in [5, 5.41) is 10.6. The van der Waals surface area contributed by atoms with Gasteiger partial charge >= 0.3 is 5.97 Å². The molecule has 0 amide bonds. The largest absolute Gasteiger partial charge is 0.465 e. The van der Waals surface area contributed by atoms with Crippen LogP contribution in [0.3, 0.4) is 0 Å². The molecule has 0 unspecified atom stereocenters. The van der Waals surface area contributed by atoms with Gasteiger partial charge in [0.05, 0.1) is 17.6 Å². The fourth-order valence-electron chi connectivity index (χ4n) is 1.17. The van der Waals surface area contributed by atoms with E-state index in [1.54, 1.807) is 0 Å². The number of hydrogen-bond acceptors (Lipinski definition) is 5. The zero-order valence-electron chi connectivity index (χ0n) is 8.10. The number of benzene rings is 1. The second kappa shape index (κ2) is 4.84. The Morgan fingerprint density at radius 1 is 1.56 bits per heavy atom. The lowest BCUT2D eigenvalue weighted by Crippen LogP contribution is -2.09. The highest BCUT2D eigenvalue weighted by Crippen LogP contribution is 2.28. The molecular formula is C9H6BrNO5. The highest BCUT2D eigenvalue weighted by Gasteiger charge is 2.24. The number of carbonyl (C=O) groups excluding carboxylic acids is 2. The summed E-state index contributed by atoms with van der Waals surface area (Å²) in [5.41, 5.74) is -0.878. The van der Waals surface area contributed by atoms with Crippen LogP contribution in [-0.2, 0) is 4.74 Å². The first-order valence-electron chi connectivity index (χ1n) is 4.03. The van der Waals surface area contributed by atoms with Crippen LogP contribution in [0.4, 0.5) is 5.69 Å². The van der Waals surface area contributed by atoms with Crippen molar-refractivity contribution in [1.82, 2.24) is 0 Å². The number of aldehydes is 1. The number of carbonyl (C=O) groups is 2. The summed E-state index contributed by atoms with van der Waals surface area (Å²) in [6.07, 6.45) is 0.259. The van der Waals surface area contributed by atoms with Gasteiger partial charge in [-0.2, -0.15) is 0 Å². The Morgan fingerprint density at radius 2 is 2.19 bits per heavy atom. The molecule has 0 saturated carbocycles. The van der Waals surface area contributed by atoms with Crippen molar-refractivity contribution >= 4 is 33.9 Å². The van der Waals surface area contributed by atoms with Crippen LogP contribution in [0.25, 0.3) is 0 Å². The van der Waals surface area contributed by atoms with Crippen molar-refractivity contribution in [2.75, 3.05) is 7.11 Å². The Kier molecular flexibility index (Phi) is 3.73. The fraction of sp³-hybridized carbons (Fsp3) is 0.111. The van der Waals surface area contributed by atoms with Crippen molar-refractivity contribution in [3.8, 4) is 0 Å². The van der Waals surface area contributed by atoms with Crippen molar-refractivity contribution in [3.05, 3.63) is 37.8 Å². The summed E-state index contributed by atoms with van der Waals surface area (Å²) < 4.78 is 4.71. The first-order chi connectivity index (χ1) is 7.52. The molecule has 0 heterocycles. The van der Waals surface area contributed by atoms with Crippen molar-refractivity contribution in [1.29, 1.82) is 0 Å². The molecule has 7 heteroatoms. The fourth-order valence-corrected chi connectivity index (χ4v) is 1.68. The van der Waals surface area contributed by atoms with Gasteiger partial charge in [-0.3, -0.25) is 14.9 Å². The van der Waals surface area contributed by atoms with Gasteiger partial charge in [-0.05, 0) is 22.0 Å². The maximum absolute atomic E-state index is 11.4. The van der Waals surface area contributed by atoms with Crippen molar-refractivity contribution in [2.24, 2.45) is 0 Å². The number of nitro benzene ring substituents is 1. The van der Waals surface area contributed by atoms with Crippen molar-refractivity contribution in [2.45, 2.75) is 0 Å². The number of hydrogen-bond donors (Lipinski definition) is 0. The highest BCUT2D eigenvalue weighted by atomic mass is 79.9. The maximum Gasteiger partial charge on any atom is 0.340 e. The van der Waals surface area contributed by atoms with Crippen LogP contribution in [0.1, 0.15) is 20.7 Å². The summed E-state index contributed by atoms with van der Waals surface area (Å²) in [6.45, 7) is 0. The molecule has 0 aromatic heterocycles. The van der Waals surface area contributed by atoms with Gasteiger partial charge in [0.2, 0.25) is 0 Å². The van der Waals surface area contributed by atoms with Gasteiger partial charge in [0.15, 0.2) is 6.29 Å². The molecule has 0 bridgehead atoms. The molecular weight excluding hydrogens is 282 g/mol. The van der Waals surface area contributed by atoms with Crippen LogP contribution in [-0.4, -0.2) is 24.3 Å². The Hall–Kier alpha value is -1.76. The summed E-state index contributed by atoms with van der Waals surface area (Å²) >= 11 is 3.03. The van der Waals surface area contributed by atoms with E-state index in [0.717, 1.165) is 13.2 Å². The number of nitro groups is 1. The number of halogens is 1. The Morgan fingerprint density at radius 3 is 2.62 bits per heavy atom. The molecule has 0 fully saturated rings.